The lowest BCUT2D eigenvalue weighted by Crippen LogP contribution is -2.39. The number of aromatic nitrogens is 6. The number of carbonyl (C=O) groups excluding carboxylic acids is 1. The third-order valence-electron chi connectivity index (χ3n) is 3.62. The van der Waals surface area contributed by atoms with Crippen molar-refractivity contribution in [3.8, 4) is 0 Å². The largest absolute Gasteiger partial charge is 0.342 e. The van der Waals surface area contributed by atoms with Gasteiger partial charge in [0, 0.05) is 25.4 Å². The molecule has 1 fully saturated rings. The number of H-pyrrole nitrogens is 1. The van der Waals surface area contributed by atoms with Crippen LogP contribution in [0.5, 0.6) is 0 Å². The first-order valence-electron chi connectivity index (χ1n) is 6.78. The molecular formula is C12H17N7O. The van der Waals surface area contributed by atoms with E-state index in [1.54, 1.807) is 11.0 Å². The van der Waals surface area contributed by atoms with E-state index in [-0.39, 0.29) is 11.8 Å². The molecule has 2 aromatic heterocycles. The van der Waals surface area contributed by atoms with Gasteiger partial charge in [0.05, 0.1) is 6.54 Å². The molecule has 0 aromatic carbocycles. The van der Waals surface area contributed by atoms with Crippen LogP contribution in [0, 0.1) is 0 Å². The summed E-state index contributed by atoms with van der Waals surface area (Å²) in [5.74, 6) is 1.30. The Balaban J connectivity index is 1.55. The number of nitrogens with zero attached hydrogens (tertiary/aromatic N) is 6. The number of carbonyl (C=O) groups is 1. The van der Waals surface area contributed by atoms with Crippen LogP contribution in [0.15, 0.2) is 19.0 Å². The Kier molecular flexibility index (Phi) is 3.71. The molecule has 0 radical (unpaired) electrons. The van der Waals surface area contributed by atoms with Gasteiger partial charge in [0.2, 0.25) is 5.91 Å². The Bertz CT molecular complexity index is 536. The predicted octanol–water partition coefficient (Wildman–Crippen LogP) is 0.192. The van der Waals surface area contributed by atoms with Crippen molar-refractivity contribution >= 4 is 5.91 Å². The summed E-state index contributed by atoms with van der Waals surface area (Å²) in [5.41, 5.74) is 0. The van der Waals surface area contributed by atoms with Crippen molar-refractivity contribution in [3.63, 3.8) is 0 Å². The summed E-state index contributed by atoms with van der Waals surface area (Å²) in [6, 6.07) is 0. The highest BCUT2D eigenvalue weighted by molar-refractivity contribution is 5.76. The van der Waals surface area contributed by atoms with Crippen molar-refractivity contribution in [2.45, 2.75) is 31.7 Å². The molecule has 0 spiro atoms. The lowest BCUT2D eigenvalue weighted by Gasteiger charge is -2.31. The molecule has 1 aliphatic heterocycles. The van der Waals surface area contributed by atoms with Gasteiger partial charge in [0.25, 0.3) is 0 Å². The number of amides is 1. The summed E-state index contributed by atoms with van der Waals surface area (Å²) in [7, 11) is 0. The van der Waals surface area contributed by atoms with Crippen molar-refractivity contribution in [1.29, 1.82) is 0 Å². The fraction of sp³-hybridized carbons (Fsp3) is 0.583. The average molecular weight is 275 g/mol. The van der Waals surface area contributed by atoms with Gasteiger partial charge in [0.1, 0.15) is 24.8 Å². The minimum atomic E-state index is 0.157. The van der Waals surface area contributed by atoms with E-state index in [9.17, 15) is 4.79 Å². The lowest BCUT2D eigenvalue weighted by atomic mass is 9.97. The standard InChI is InChI=1S/C12H17N7O/c20-11(3-5-19-9-13-7-16-19)18-4-1-2-10(6-18)12-14-8-15-17-12/h7-10H,1-6H2,(H,14,15,17). The van der Waals surface area contributed by atoms with Crippen molar-refractivity contribution in [1.82, 2.24) is 34.8 Å². The fourth-order valence-electron chi connectivity index (χ4n) is 2.55. The topological polar surface area (TPSA) is 92.6 Å². The molecule has 3 heterocycles. The van der Waals surface area contributed by atoms with Crippen LogP contribution in [0.1, 0.15) is 31.0 Å². The monoisotopic (exact) mass is 275 g/mol. The summed E-state index contributed by atoms with van der Waals surface area (Å²) in [6.45, 7) is 2.11. The molecule has 1 amide bonds. The highest BCUT2D eigenvalue weighted by Gasteiger charge is 2.26. The van der Waals surface area contributed by atoms with Gasteiger partial charge in [-0.05, 0) is 12.8 Å². The molecule has 1 saturated heterocycles. The first-order valence-corrected chi connectivity index (χ1v) is 6.78. The minimum Gasteiger partial charge on any atom is -0.342 e. The van der Waals surface area contributed by atoms with Crippen molar-refractivity contribution in [3.05, 3.63) is 24.8 Å². The maximum absolute atomic E-state index is 12.2. The van der Waals surface area contributed by atoms with E-state index in [2.05, 4.69) is 25.3 Å². The molecule has 2 aromatic rings. The lowest BCUT2D eigenvalue weighted by molar-refractivity contribution is -0.132. The number of hydrogen-bond acceptors (Lipinski definition) is 5. The SMILES string of the molecule is O=C(CCn1cncn1)N1CCCC(c2ncn[nH]2)C1. The summed E-state index contributed by atoms with van der Waals surface area (Å²) >= 11 is 0. The molecule has 1 N–H and O–H groups in total. The first kappa shape index (κ1) is 12.8. The minimum absolute atomic E-state index is 0.157. The summed E-state index contributed by atoms with van der Waals surface area (Å²) < 4.78 is 1.68. The molecule has 8 heteroatoms. The molecule has 3 rings (SSSR count). The van der Waals surface area contributed by atoms with Crippen LogP contribution in [0.3, 0.4) is 0 Å². The molecule has 8 nitrogen and oxygen atoms in total. The van der Waals surface area contributed by atoms with Crippen LogP contribution in [-0.2, 0) is 11.3 Å². The molecule has 106 valence electrons. The number of hydrogen-bond donors (Lipinski definition) is 1. The van der Waals surface area contributed by atoms with Gasteiger partial charge in [-0.25, -0.2) is 9.97 Å². The van der Waals surface area contributed by atoms with Crippen molar-refractivity contribution < 1.29 is 4.79 Å². The second-order valence-electron chi connectivity index (χ2n) is 4.96. The highest BCUT2D eigenvalue weighted by atomic mass is 16.2. The fourth-order valence-corrected chi connectivity index (χ4v) is 2.55. The van der Waals surface area contributed by atoms with E-state index in [0.717, 1.165) is 25.2 Å². The zero-order valence-electron chi connectivity index (χ0n) is 11.1. The van der Waals surface area contributed by atoms with Crippen LogP contribution >= 0.6 is 0 Å². The predicted molar refractivity (Wildman–Crippen MR) is 69.6 cm³/mol. The number of aromatic amines is 1. The van der Waals surface area contributed by atoms with Gasteiger partial charge in [-0.2, -0.15) is 10.2 Å². The number of nitrogens with one attached hydrogen (secondary N) is 1. The van der Waals surface area contributed by atoms with Crippen LogP contribution in [0.25, 0.3) is 0 Å². The van der Waals surface area contributed by atoms with Crippen molar-refractivity contribution in [2.75, 3.05) is 13.1 Å². The maximum atomic E-state index is 12.2. The van der Waals surface area contributed by atoms with Crippen LogP contribution in [-0.4, -0.2) is 53.8 Å². The smallest absolute Gasteiger partial charge is 0.224 e. The molecule has 20 heavy (non-hydrogen) atoms. The highest BCUT2D eigenvalue weighted by Crippen LogP contribution is 2.24. The van der Waals surface area contributed by atoms with Gasteiger partial charge in [-0.3, -0.25) is 14.6 Å². The van der Waals surface area contributed by atoms with Crippen LogP contribution < -0.4 is 0 Å². The quantitative estimate of drug-likeness (QED) is 0.860. The number of likely N-dealkylation sites (tertiary alicyclic amines) is 1. The Labute approximate surface area is 116 Å². The van der Waals surface area contributed by atoms with E-state index in [0.29, 0.717) is 19.5 Å². The second-order valence-corrected chi connectivity index (χ2v) is 4.96. The molecule has 1 atom stereocenters. The summed E-state index contributed by atoms with van der Waals surface area (Å²) in [4.78, 5) is 22.2. The Morgan fingerprint density at radius 3 is 3.15 bits per heavy atom. The van der Waals surface area contributed by atoms with Crippen LogP contribution in [0.4, 0.5) is 0 Å². The van der Waals surface area contributed by atoms with Crippen molar-refractivity contribution in [2.24, 2.45) is 0 Å². The average Bonchev–Trinajstić information content (AvgIpc) is 3.18. The maximum Gasteiger partial charge on any atom is 0.224 e. The summed E-state index contributed by atoms with van der Waals surface area (Å²) in [6.07, 6.45) is 7.11. The number of piperidine rings is 1. The number of aryl methyl sites for hydroxylation is 1. The zero-order chi connectivity index (χ0) is 13.8. The third-order valence-corrected chi connectivity index (χ3v) is 3.62. The van der Waals surface area contributed by atoms with Gasteiger partial charge in [0.15, 0.2) is 0 Å². The Morgan fingerprint density at radius 1 is 1.45 bits per heavy atom. The molecular weight excluding hydrogens is 258 g/mol. The van der Waals surface area contributed by atoms with E-state index in [4.69, 9.17) is 0 Å². The van der Waals surface area contributed by atoms with E-state index in [1.165, 1.54) is 12.7 Å². The van der Waals surface area contributed by atoms with E-state index >= 15 is 0 Å². The van der Waals surface area contributed by atoms with Gasteiger partial charge < -0.3 is 4.90 Å². The summed E-state index contributed by atoms with van der Waals surface area (Å²) in [5, 5.41) is 10.8. The Hall–Kier alpha value is -2.25. The van der Waals surface area contributed by atoms with Gasteiger partial charge >= 0.3 is 0 Å². The first-order chi connectivity index (χ1) is 9.83. The van der Waals surface area contributed by atoms with E-state index in [1.807, 2.05) is 4.90 Å². The van der Waals surface area contributed by atoms with Crippen LogP contribution in [0.2, 0.25) is 0 Å². The van der Waals surface area contributed by atoms with Gasteiger partial charge in [-0.15, -0.1) is 0 Å². The van der Waals surface area contributed by atoms with Gasteiger partial charge in [-0.1, -0.05) is 0 Å². The number of rotatable bonds is 4. The van der Waals surface area contributed by atoms with E-state index < -0.39 is 0 Å². The molecule has 0 bridgehead atoms. The third kappa shape index (κ3) is 2.84. The zero-order valence-corrected chi connectivity index (χ0v) is 11.1. The molecule has 1 unspecified atom stereocenters. The molecule has 0 saturated carbocycles. The Morgan fingerprint density at radius 2 is 2.40 bits per heavy atom. The molecule has 1 aliphatic rings. The normalized spacial score (nSPS) is 19.2. The molecule has 0 aliphatic carbocycles. The second kappa shape index (κ2) is 5.81.